The molecule has 0 aromatic carbocycles. The predicted octanol–water partition coefficient (Wildman–Crippen LogP) is 0.592. The quantitative estimate of drug-likeness (QED) is 0.522. The molecule has 0 aliphatic carbocycles. The Hall–Kier alpha value is -0.260. The van der Waals surface area contributed by atoms with Crippen molar-refractivity contribution in [1.82, 2.24) is 5.32 Å². The van der Waals surface area contributed by atoms with Gasteiger partial charge in [-0.3, -0.25) is 4.79 Å². The molecule has 0 radical (unpaired) electrons. The van der Waals surface area contributed by atoms with Crippen LogP contribution in [0.2, 0.25) is 0 Å². The van der Waals surface area contributed by atoms with E-state index in [1.54, 1.807) is 11.8 Å². The van der Waals surface area contributed by atoms with Crippen LogP contribution in [-0.4, -0.2) is 41.7 Å². The van der Waals surface area contributed by atoms with Gasteiger partial charge in [0, 0.05) is 18.9 Å². The van der Waals surface area contributed by atoms with Gasteiger partial charge in [-0.1, -0.05) is 20.3 Å². The molecule has 2 unspecified atom stereocenters. The highest BCUT2D eigenvalue weighted by molar-refractivity contribution is 7.99. The number of hydrogen-bond acceptors (Lipinski definition) is 4. The van der Waals surface area contributed by atoms with Crippen LogP contribution in [0.15, 0.2) is 0 Å². The zero-order valence-electron chi connectivity index (χ0n) is 10.2. The zero-order valence-corrected chi connectivity index (χ0v) is 11.1. The van der Waals surface area contributed by atoms with Crippen molar-refractivity contribution in [2.45, 2.75) is 32.7 Å². The number of rotatable bonds is 9. The highest BCUT2D eigenvalue weighted by Gasteiger charge is 2.18. The van der Waals surface area contributed by atoms with Crippen molar-refractivity contribution in [2.24, 2.45) is 11.7 Å². The van der Waals surface area contributed by atoms with Gasteiger partial charge >= 0.3 is 0 Å². The summed E-state index contributed by atoms with van der Waals surface area (Å²) < 4.78 is 0. The molecule has 0 heterocycles. The summed E-state index contributed by atoms with van der Waals surface area (Å²) in [5, 5.41) is 11.4. The minimum absolute atomic E-state index is 0.0582. The maximum atomic E-state index is 11.5. The molecule has 0 aliphatic heterocycles. The molecule has 0 saturated heterocycles. The SMILES string of the molecule is CCC(C)C(N)C(=O)NCCSCCCO. The van der Waals surface area contributed by atoms with E-state index in [9.17, 15) is 4.79 Å². The summed E-state index contributed by atoms with van der Waals surface area (Å²) in [6.07, 6.45) is 1.73. The number of hydrogen-bond donors (Lipinski definition) is 3. The fourth-order valence-corrected chi connectivity index (χ4v) is 1.93. The molecule has 0 aromatic rings. The summed E-state index contributed by atoms with van der Waals surface area (Å²) in [6, 6.07) is -0.396. The smallest absolute Gasteiger partial charge is 0.237 e. The van der Waals surface area contributed by atoms with Crippen LogP contribution in [0.1, 0.15) is 26.7 Å². The maximum absolute atomic E-state index is 11.5. The van der Waals surface area contributed by atoms with Gasteiger partial charge in [0.1, 0.15) is 0 Å². The first-order chi connectivity index (χ1) is 7.63. The Balaban J connectivity index is 3.50. The van der Waals surface area contributed by atoms with Gasteiger partial charge in [0.05, 0.1) is 6.04 Å². The molecular weight excluding hydrogens is 224 g/mol. The van der Waals surface area contributed by atoms with Gasteiger partial charge in [-0.25, -0.2) is 0 Å². The van der Waals surface area contributed by atoms with E-state index in [4.69, 9.17) is 10.8 Å². The summed E-state index contributed by atoms with van der Waals surface area (Å²) in [7, 11) is 0. The van der Waals surface area contributed by atoms with Crippen LogP contribution in [0.3, 0.4) is 0 Å². The Bertz CT molecular complexity index is 191. The number of nitrogens with two attached hydrogens (primary N) is 1. The number of nitrogens with one attached hydrogen (secondary N) is 1. The summed E-state index contributed by atoms with van der Waals surface area (Å²) in [5.41, 5.74) is 5.78. The van der Waals surface area contributed by atoms with Crippen LogP contribution in [0, 0.1) is 5.92 Å². The van der Waals surface area contributed by atoms with E-state index in [2.05, 4.69) is 5.32 Å². The highest BCUT2D eigenvalue weighted by Crippen LogP contribution is 2.05. The van der Waals surface area contributed by atoms with Crippen LogP contribution in [0.4, 0.5) is 0 Å². The van der Waals surface area contributed by atoms with Gasteiger partial charge in [-0.2, -0.15) is 11.8 Å². The first-order valence-electron chi connectivity index (χ1n) is 5.85. The molecule has 96 valence electrons. The van der Waals surface area contributed by atoms with Crippen molar-refractivity contribution in [3.05, 3.63) is 0 Å². The molecule has 4 nitrogen and oxygen atoms in total. The second-order valence-corrected chi connectivity index (χ2v) is 5.12. The van der Waals surface area contributed by atoms with Crippen molar-refractivity contribution in [2.75, 3.05) is 24.7 Å². The minimum atomic E-state index is -0.396. The molecule has 0 bridgehead atoms. The van der Waals surface area contributed by atoms with E-state index >= 15 is 0 Å². The maximum Gasteiger partial charge on any atom is 0.237 e. The van der Waals surface area contributed by atoms with Crippen molar-refractivity contribution in [3.8, 4) is 0 Å². The van der Waals surface area contributed by atoms with Gasteiger partial charge in [-0.05, 0) is 18.1 Å². The summed E-state index contributed by atoms with van der Waals surface area (Å²) in [6.45, 7) is 4.90. The molecule has 0 rings (SSSR count). The topological polar surface area (TPSA) is 75.4 Å². The second kappa shape index (κ2) is 9.93. The van der Waals surface area contributed by atoms with E-state index in [0.717, 1.165) is 24.3 Å². The predicted molar refractivity (Wildman–Crippen MR) is 69.5 cm³/mol. The Kier molecular flexibility index (Phi) is 9.77. The number of thioether (sulfide) groups is 1. The minimum Gasteiger partial charge on any atom is -0.396 e. The normalized spacial score (nSPS) is 14.5. The number of carbonyl (C=O) groups excluding carboxylic acids is 1. The van der Waals surface area contributed by atoms with Crippen molar-refractivity contribution in [3.63, 3.8) is 0 Å². The van der Waals surface area contributed by atoms with Crippen LogP contribution < -0.4 is 11.1 Å². The van der Waals surface area contributed by atoms with Gasteiger partial charge in [0.25, 0.3) is 0 Å². The van der Waals surface area contributed by atoms with E-state index in [1.807, 2.05) is 13.8 Å². The average molecular weight is 248 g/mol. The first-order valence-corrected chi connectivity index (χ1v) is 7.00. The molecule has 0 spiro atoms. The van der Waals surface area contributed by atoms with Gasteiger partial charge in [-0.15, -0.1) is 0 Å². The molecule has 16 heavy (non-hydrogen) atoms. The van der Waals surface area contributed by atoms with Gasteiger partial charge < -0.3 is 16.2 Å². The molecule has 0 saturated carbocycles. The molecule has 4 N–H and O–H groups in total. The van der Waals surface area contributed by atoms with E-state index in [1.165, 1.54) is 0 Å². The average Bonchev–Trinajstić information content (AvgIpc) is 2.31. The van der Waals surface area contributed by atoms with Crippen LogP contribution in [0.5, 0.6) is 0 Å². The first kappa shape index (κ1) is 15.7. The van der Waals surface area contributed by atoms with E-state index in [0.29, 0.717) is 6.54 Å². The summed E-state index contributed by atoms with van der Waals surface area (Å²) in [4.78, 5) is 11.5. The summed E-state index contributed by atoms with van der Waals surface area (Å²) >= 11 is 1.73. The fraction of sp³-hybridized carbons (Fsp3) is 0.909. The largest absolute Gasteiger partial charge is 0.396 e. The monoisotopic (exact) mass is 248 g/mol. The molecule has 5 heteroatoms. The molecular formula is C11H24N2O2S. The fourth-order valence-electron chi connectivity index (χ4n) is 1.15. The lowest BCUT2D eigenvalue weighted by Crippen LogP contribution is -2.45. The van der Waals surface area contributed by atoms with Crippen molar-refractivity contribution >= 4 is 17.7 Å². The molecule has 1 amide bonds. The van der Waals surface area contributed by atoms with Crippen molar-refractivity contribution < 1.29 is 9.90 Å². The third-order valence-corrected chi connectivity index (χ3v) is 3.62. The van der Waals surface area contributed by atoms with Crippen LogP contribution >= 0.6 is 11.8 Å². The van der Waals surface area contributed by atoms with Gasteiger partial charge in [0.2, 0.25) is 5.91 Å². The number of amides is 1. The van der Waals surface area contributed by atoms with E-state index < -0.39 is 6.04 Å². The number of carbonyl (C=O) groups is 1. The zero-order chi connectivity index (χ0) is 12.4. The lowest BCUT2D eigenvalue weighted by molar-refractivity contribution is -0.123. The molecule has 0 fully saturated rings. The van der Waals surface area contributed by atoms with Crippen LogP contribution in [-0.2, 0) is 4.79 Å². The standard InChI is InChI=1S/C11H24N2O2S/c1-3-9(2)10(12)11(15)13-5-8-16-7-4-6-14/h9-10,14H,3-8,12H2,1-2H3,(H,13,15). The Morgan fingerprint density at radius 3 is 2.75 bits per heavy atom. The molecule has 0 aliphatic rings. The Labute approximate surface area is 102 Å². The van der Waals surface area contributed by atoms with E-state index in [-0.39, 0.29) is 18.4 Å². The number of aliphatic hydroxyl groups excluding tert-OH is 1. The Morgan fingerprint density at radius 2 is 2.19 bits per heavy atom. The number of aliphatic hydroxyl groups is 1. The third kappa shape index (κ3) is 7.09. The third-order valence-electron chi connectivity index (χ3n) is 2.55. The Morgan fingerprint density at radius 1 is 1.50 bits per heavy atom. The lowest BCUT2D eigenvalue weighted by Gasteiger charge is -2.17. The lowest BCUT2D eigenvalue weighted by atomic mass is 9.99. The van der Waals surface area contributed by atoms with Crippen molar-refractivity contribution in [1.29, 1.82) is 0 Å². The molecule has 2 atom stereocenters. The summed E-state index contributed by atoms with van der Waals surface area (Å²) in [5.74, 6) is 1.97. The molecule has 0 aromatic heterocycles. The van der Waals surface area contributed by atoms with Gasteiger partial charge in [0.15, 0.2) is 0 Å². The second-order valence-electron chi connectivity index (χ2n) is 3.89. The highest BCUT2D eigenvalue weighted by atomic mass is 32.2. The van der Waals surface area contributed by atoms with Crippen LogP contribution in [0.25, 0.3) is 0 Å².